The van der Waals surface area contributed by atoms with Gasteiger partial charge in [0.15, 0.2) is 0 Å². The van der Waals surface area contributed by atoms with Crippen LogP contribution in [-0.4, -0.2) is 11.7 Å². The molecule has 0 aromatic heterocycles. The van der Waals surface area contributed by atoms with Crippen molar-refractivity contribution >= 4 is 21.5 Å². The molecule has 0 fully saturated rings. The molecule has 0 saturated carbocycles. The summed E-state index contributed by atoms with van der Waals surface area (Å²) in [6.45, 7) is -0.0394. The summed E-state index contributed by atoms with van der Waals surface area (Å²) < 4.78 is 0. The molecule has 3 N–H and O–H groups in total. The molecule has 0 aliphatic carbocycles. The van der Waals surface area contributed by atoms with Gasteiger partial charge in [0, 0.05) is 0 Å². The van der Waals surface area contributed by atoms with Crippen LogP contribution in [0.25, 0.3) is 21.5 Å². The monoisotopic (exact) mass is 237 g/mol. The van der Waals surface area contributed by atoms with Gasteiger partial charge >= 0.3 is 0 Å². The van der Waals surface area contributed by atoms with Crippen LogP contribution in [0.1, 0.15) is 11.6 Å². The summed E-state index contributed by atoms with van der Waals surface area (Å²) in [5.74, 6) is 0. The van der Waals surface area contributed by atoms with Crippen LogP contribution in [0.5, 0.6) is 0 Å². The number of nitrogens with two attached hydrogens (primary N) is 1. The fourth-order valence-corrected chi connectivity index (χ4v) is 2.50. The van der Waals surface area contributed by atoms with E-state index in [2.05, 4.69) is 30.3 Å². The molecule has 0 radical (unpaired) electrons. The molecule has 3 aromatic carbocycles. The lowest BCUT2D eigenvalue weighted by Gasteiger charge is -2.14. The van der Waals surface area contributed by atoms with Gasteiger partial charge in [0.25, 0.3) is 0 Å². The van der Waals surface area contributed by atoms with Crippen molar-refractivity contribution < 1.29 is 5.11 Å². The molecule has 0 heterocycles. The molecule has 3 aromatic rings. The standard InChI is InChI=1S/C16H15NO/c17-15(10-18)14-7-3-5-12-9-8-11-4-1-2-6-13(11)16(12)14/h1-9,15,18H,10,17H2/t15-/m0/s1. The molecule has 0 aliphatic rings. The molecular weight excluding hydrogens is 222 g/mol. The molecule has 1 atom stereocenters. The van der Waals surface area contributed by atoms with E-state index < -0.39 is 0 Å². The average Bonchev–Trinajstić information content (AvgIpc) is 2.45. The van der Waals surface area contributed by atoms with Gasteiger partial charge in [-0.1, -0.05) is 54.6 Å². The van der Waals surface area contributed by atoms with Gasteiger partial charge in [-0.2, -0.15) is 0 Å². The SMILES string of the molecule is N[C@@H](CO)c1cccc2ccc3ccccc3c12. The lowest BCUT2D eigenvalue weighted by atomic mass is 9.94. The third-order valence-electron chi connectivity index (χ3n) is 3.40. The summed E-state index contributed by atoms with van der Waals surface area (Å²) in [5.41, 5.74) is 7.01. The summed E-state index contributed by atoms with van der Waals surface area (Å²) in [6.07, 6.45) is 0. The van der Waals surface area contributed by atoms with Gasteiger partial charge in [-0.05, 0) is 27.1 Å². The van der Waals surface area contributed by atoms with Crippen molar-refractivity contribution in [2.45, 2.75) is 6.04 Å². The summed E-state index contributed by atoms with van der Waals surface area (Å²) in [6, 6.07) is 18.2. The lowest BCUT2D eigenvalue weighted by Crippen LogP contribution is -2.14. The van der Waals surface area contributed by atoms with E-state index in [0.717, 1.165) is 16.3 Å². The minimum absolute atomic E-state index is 0.0394. The molecule has 0 unspecified atom stereocenters. The topological polar surface area (TPSA) is 46.2 Å². The van der Waals surface area contributed by atoms with Gasteiger partial charge in [0.2, 0.25) is 0 Å². The Bertz CT molecular complexity index is 706. The Morgan fingerprint density at radius 2 is 1.61 bits per heavy atom. The van der Waals surface area contributed by atoms with Crippen LogP contribution in [-0.2, 0) is 0 Å². The molecule has 90 valence electrons. The third kappa shape index (κ3) is 1.67. The van der Waals surface area contributed by atoms with Gasteiger partial charge in [-0.15, -0.1) is 0 Å². The fraction of sp³-hybridized carbons (Fsp3) is 0.125. The first-order valence-corrected chi connectivity index (χ1v) is 6.08. The van der Waals surface area contributed by atoms with Crippen LogP contribution >= 0.6 is 0 Å². The number of hydrogen-bond acceptors (Lipinski definition) is 2. The predicted octanol–water partition coefficient (Wildman–Crippen LogP) is 2.99. The van der Waals surface area contributed by atoms with Crippen molar-refractivity contribution in [1.82, 2.24) is 0 Å². The van der Waals surface area contributed by atoms with Crippen molar-refractivity contribution in [3.63, 3.8) is 0 Å². The van der Waals surface area contributed by atoms with Crippen molar-refractivity contribution in [1.29, 1.82) is 0 Å². The second kappa shape index (κ2) is 4.41. The number of aliphatic hydroxyl groups excluding tert-OH is 1. The minimum atomic E-state index is -0.334. The van der Waals surface area contributed by atoms with Gasteiger partial charge in [0.05, 0.1) is 12.6 Å². The van der Waals surface area contributed by atoms with Crippen molar-refractivity contribution in [3.05, 3.63) is 60.2 Å². The number of benzene rings is 3. The lowest BCUT2D eigenvalue weighted by molar-refractivity contribution is 0.268. The number of fused-ring (bicyclic) bond motifs is 3. The summed E-state index contributed by atoms with van der Waals surface area (Å²) in [5, 5.41) is 14.0. The zero-order valence-corrected chi connectivity index (χ0v) is 10.0. The van der Waals surface area contributed by atoms with Gasteiger partial charge < -0.3 is 10.8 Å². The van der Waals surface area contributed by atoms with Crippen LogP contribution in [0.15, 0.2) is 54.6 Å². The highest BCUT2D eigenvalue weighted by Crippen LogP contribution is 2.30. The second-order valence-corrected chi connectivity index (χ2v) is 4.52. The molecule has 18 heavy (non-hydrogen) atoms. The van der Waals surface area contributed by atoms with Crippen molar-refractivity contribution in [3.8, 4) is 0 Å². The zero-order valence-electron chi connectivity index (χ0n) is 10.0. The highest BCUT2D eigenvalue weighted by atomic mass is 16.3. The zero-order chi connectivity index (χ0) is 12.5. The second-order valence-electron chi connectivity index (χ2n) is 4.52. The minimum Gasteiger partial charge on any atom is -0.394 e. The van der Waals surface area contributed by atoms with E-state index in [-0.39, 0.29) is 12.6 Å². The first kappa shape index (κ1) is 11.2. The first-order valence-electron chi connectivity index (χ1n) is 6.08. The highest BCUT2D eigenvalue weighted by molar-refractivity contribution is 6.09. The van der Waals surface area contributed by atoms with E-state index in [1.165, 1.54) is 10.8 Å². The number of rotatable bonds is 2. The van der Waals surface area contributed by atoms with Crippen LogP contribution < -0.4 is 5.73 Å². The molecular formula is C16H15NO. The van der Waals surface area contributed by atoms with E-state index in [1.54, 1.807) is 0 Å². The Kier molecular flexibility index (Phi) is 2.74. The molecule has 0 amide bonds. The molecule has 0 spiro atoms. The highest BCUT2D eigenvalue weighted by Gasteiger charge is 2.10. The molecule has 3 rings (SSSR count). The molecule has 2 heteroatoms. The summed E-state index contributed by atoms with van der Waals surface area (Å²) >= 11 is 0. The van der Waals surface area contributed by atoms with E-state index in [1.807, 2.05) is 24.3 Å². The Labute approximate surface area is 106 Å². The molecule has 0 saturated heterocycles. The van der Waals surface area contributed by atoms with Gasteiger partial charge in [0.1, 0.15) is 0 Å². The largest absolute Gasteiger partial charge is 0.394 e. The number of aliphatic hydroxyl groups is 1. The van der Waals surface area contributed by atoms with Gasteiger partial charge in [-0.3, -0.25) is 0 Å². The van der Waals surface area contributed by atoms with Crippen LogP contribution in [0.4, 0.5) is 0 Å². The van der Waals surface area contributed by atoms with E-state index in [4.69, 9.17) is 5.73 Å². The third-order valence-corrected chi connectivity index (χ3v) is 3.40. The quantitative estimate of drug-likeness (QED) is 0.673. The number of hydrogen-bond donors (Lipinski definition) is 2. The smallest absolute Gasteiger partial charge is 0.0624 e. The first-order chi connectivity index (χ1) is 8.81. The normalized spacial score (nSPS) is 13.0. The Hall–Kier alpha value is -1.90. The Morgan fingerprint density at radius 3 is 2.44 bits per heavy atom. The average molecular weight is 237 g/mol. The maximum absolute atomic E-state index is 9.29. The summed E-state index contributed by atoms with van der Waals surface area (Å²) in [7, 11) is 0. The van der Waals surface area contributed by atoms with E-state index in [9.17, 15) is 5.11 Å². The fourth-order valence-electron chi connectivity index (χ4n) is 2.50. The van der Waals surface area contributed by atoms with Gasteiger partial charge in [-0.25, -0.2) is 0 Å². The van der Waals surface area contributed by atoms with Crippen LogP contribution in [0.3, 0.4) is 0 Å². The van der Waals surface area contributed by atoms with Crippen molar-refractivity contribution in [2.75, 3.05) is 6.61 Å². The Balaban J connectivity index is 2.46. The Morgan fingerprint density at radius 1 is 0.889 bits per heavy atom. The molecule has 0 bridgehead atoms. The maximum Gasteiger partial charge on any atom is 0.0624 e. The van der Waals surface area contributed by atoms with Crippen molar-refractivity contribution in [2.24, 2.45) is 5.73 Å². The van der Waals surface area contributed by atoms with Crippen LogP contribution in [0.2, 0.25) is 0 Å². The van der Waals surface area contributed by atoms with E-state index in [0.29, 0.717) is 0 Å². The maximum atomic E-state index is 9.29. The predicted molar refractivity (Wildman–Crippen MR) is 75.5 cm³/mol. The summed E-state index contributed by atoms with van der Waals surface area (Å²) in [4.78, 5) is 0. The molecule has 2 nitrogen and oxygen atoms in total. The van der Waals surface area contributed by atoms with Crippen LogP contribution in [0, 0.1) is 0 Å². The molecule has 0 aliphatic heterocycles. The van der Waals surface area contributed by atoms with E-state index >= 15 is 0 Å².